The smallest absolute Gasteiger partial charge is 0.288 e. The molecule has 0 bridgehead atoms. The highest BCUT2D eigenvalue weighted by atomic mass is 35.5. The van der Waals surface area contributed by atoms with Crippen LogP contribution >= 0.6 is 11.6 Å². The molecule has 0 aliphatic rings. The first-order valence-electron chi connectivity index (χ1n) is 5.50. The molecule has 0 aliphatic heterocycles. The Morgan fingerprint density at radius 3 is 2.21 bits per heavy atom. The Kier molecular flexibility index (Phi) is 3.40. The zero-order valence-electron chi connectivity index (χ0n) is 10.4. The standard InChI is InChI=1S/C13H11ClN2O3/c1-15-11(14)9(12(18)16(2)13(15)19)10(17)8-6-4-3-5-7-8/h3-7H,1-2H3. The monoisotopic (exact) mass is 278 g/mol. The van der Waals surface area contributed by atoms with E-state index in [-0.39, 0.29) is 10.7 Å². The van der Waals surface area contributed by atoms with Gasteiger partial charge in [0.15, 0.2) is 0 Å². The number of carbonyl (C=O) groups excluding carboxylic acids is 1. The Hall–Kier alpha value is -2.14. The number of hydrogen-bond donors (Lipinski definition) is 0. The van der Waals surface area contributed by atoms with Gasteiger partial charge in [-0.25, -0.2) is 4.79 Å². The van der Waals surface area contributed by atoms with Crippen LogP contribution in [0.15, 0.2) is 39.9 Å². The Balaban J connectivity index is 2.75. The van der Waals surface area contributed by atoms with E-state index in [1.165, 1.54) is 14.1 Å². The summed E-state index contributed by atoms with van der Waals surface area (Å²) in [5.74, 6) is -0.498. The summed E-state index contributed by atoms with van der Waals surface area (Å²) in [7, 11) is 2.72. The molecule has 98 valence electrons. The van der Waals surface area contributed by atoms with E-state index < -0.39 is 17.0 Å². The first-order chi connectivity index (χ1) is 8.95. The molecule has 0 aliphatic carbocycles. The van der Waals surface area contributed by atoms with Crippen molar-refractivity contribution in [2.45, 2.75) is 0 Å². The Morgan fingerprint density at radius 1 is 1.05 bits per heavy atom. The number of aromatic nitrogens is 2. The molecule has 1 heterocycles. The normalized spacial score (nSPS) is 10.5. The van der Waals surface area contributed by atoms with Crippen LogP contribution < -0.4 is 11.2 Å². The minimum atomic E-state index is -0.693. The molecule has 0 atom stereocenters. The van der Waals surface area contributed by atoms with E-state index in [1.807, 2.05) is 0 Å². The molecule has 1 aromatic carbocycles. The van der Waals surface area contributed by atoms with Gasteiger partial charge in [0.25, 0.3) is 5.56 Å². The van der Waals surface area contributed by atoms with E-state index in [0.717, 1.165) is 9.13 Å². The molecular formula is C13H11ClN2O3. The summed E-state index contributed by atoms with van der Waals surface area (Å²) in [6, 6.07) is 8.31. The summed E-state index contributed by atoms with van der Waals surface area (Å²) in [5.41, 5.74) is -1.11. The average Bonchev–Trinajstić information content (AvgIpc) is 2.44. The van der Waals surface area contributed by atoms with Gasteiger partial charge in [0.05, 0.1) is 0 Å². The minimum absolute atomic E-state index is 0.151. The summed E-state index contributed by atoms with van der Waals surface area (Å²) in [6.45, 7) is 0. The van der Waals surface area contributed by atoms with Crippen LogP contribution in [0.5, 0.6) is 0 Å². The van der Waals surface area contributed by atoms with Crippen molar-refractivity contribution in [1.29, 1.82) is 0 Å². The van der Waals surface area contributed by atoms with Crippen molar-refractivity contribution in [3.05, 3.63) is 67.4 Å². The number of nitrogens with zero attached hydrogens (tertiary/aromatic N) is 2. The lowest BCUT2D eigenvalue weighted by Gasteiger charge is -2.09. The van der Waals surface area contributed by atoms with Crippen molar-refractivity contribution in [3.8, 4) is 0 Å². The summed E-state index contributed by atoms with van der Waals surface area (Å²) in [6.07, 6.45) is 0. The molecule has 0 saturated heterocycles. The van der Waals surface area contributed by atoms with Crippen LogP contribution in [0.1, 0.15) is 15.9 Å². The maximum atomic E-state index is 12.3. The Bertz CT molecular complexity index is 760. The molecule has 5 nitrogen and oxygen atoms in total. The van der Waals surface area contributed by atoms with Crippen molar-refractivity contribution in [1.82, 2.24) is 9.13 Å². The van der Waals surface area contributed by atoms with Crippen LogP contribution in [0.3, 0.4) is 0 Å². The van der Waals surface area contributed by atoms with E-state index in [4.69, 9.17) is 11.6 Å². The van der Waals surface area contributed by atoms with Gasteiger partial charge in [0, 0.05) is 19.7 Å². The third kappa shape index (κ3) is 2.13. The molecule has 0 amide bonds. The topological polar surface area (TPSA) is 61.1 Å². The maximum Gasteiger partial charge on any atom is 0.331 e. The van der Waals surface area contributed by atoms with Gasteiger partial charge in [-0.15, -0.1) is 0 Å². The number of rotatable bonds is 2. The third-order valence-corrected chi connectivity index (χ3v) is 3.30. The fourth-order valence-electron chi connectivity index (χ4n) is 1.74. The summed E-state index contributed by atoms with van der Waals surface area (Å²) < 4.78 is 1.93. The zero-order chi connectivity index (χ0) is 14.2. The van der Waals surface area contributed by atoms with Crippen LogP contribution in [0.4, 0.5) is 0 Å². The highest BCUT2D eigenvalue weighted by molar-refractivity contribution is 6.33. The predicted octanol–water partition coefficient (Wildman–Crippen LogP) is 0.968. The zero-order valence-corrected chi connectivity index (χ0v) is 11.1. The molecule has 0 N–H and O–H groups in total. The first-order valence-corrected chi connectivity index (χ1v) is 5.88. The third-order valence-electron chi connectivity index (χ3n) is 2.86. The summed E-state index contributed by atoms with van der Waals surface area (Å²) in [5, 5.41) is -0.151. The molecular weight excluding hydrogens is 268 g/mol. The molecule has 0 fully saturated rings. The largest absolute Gasteiger partial charge is 0.331 e. The van der Waals surface area contributed by atoms with Crippen LogP contribution in [0.25, 0.3) is 0 Å². The van der Waals surface area contributed by atoms with E-state index in [9.17, 15) is 14.4 Å². The van der Waals surface area contributed by atoms with Crippen LogP contribution in [-0.2, 0) is 14.1 Å². The van der Waals surface area contributed by atoms with Gasteiger partial charge in [0.2, 0.25) is 5.78 Å². The summed E-state index contributed by atoms with van der Waals surface area (Å²) in [4.78, 5) is 36.0. The SMILES string of the molecule is Cn1c(Cl)c(C(=O)c2ccccc2)c(=O)n(C)c1=O. The number of hydrogen-bond acceptors (Lipinski definition) is 3. The van der Waals surface area contributed by atoms with Crippen LogP contribution in [0, 0.1) is 0 Å². The lowest BCUT2D eigenvalue weighted by Crippen LogP contribution is -2.40. The maximum absolute atomic E-state index is 12.3. The fraction of sp³-hybridized carbons (Fsp3) is 0.154. The van der Waals surface area contributed by atoms with Crippen molar-refractivity contribution in [2.24, 2.45) is 14.1 Å². The predicted molar refractivity (Wildman–Crippen MR) is 71.8 cm³/mol. The Labute approximate surface area is 113 Å². The summed E-state index contributed by atoms with van der Waals surface area (Å²) >= 11 is 5.95. The van der Waals surface area contributed by atoms with Crippen LogP contribution in [0.2, 0.25) is 5.15 Å². The fourth-order valence-corrected chi connectivity index (χ4v) is 1.98. The molecule has 0 spiro atoms. The molecule has 6 heteroatoms. The van der Waals surface area contributed by atoms with E-state index >= 15 is 0 Å². The minimum Gasteiger partial charge on any atom is -0.288 e. The van der Waals surface area contributed by atoms with E-state index in [2.05, 4.69) is 0 Å². The van der Waals surface area contributed by atoms with Gasteiger partial charge < -0.3 is 0 Å². The van der Waals surface area contributed by atoms with E-state index in [0.29, 0.717) is 5.56 Å². The van der Waals surface area contributed by atoms with Crippen molar-refractivity contribution in [2.75, 3.05) is 0 Å². The molecule has 0 saturated carbocycles. The lowest BCUT2D eigenvalue weighted by molar-refractivity contribution is 0.103. The molecule has 2 rings (SSSR count). The first kappa shape index (κ1) is 13.3. The second kappa shape index (κ2) is 4.85. The Morgan fingerprint density at radius 2 is 1.63 bits per heavy atom. The van der Waals surface area contributed by atoms with Crippen molar-refractivity contribution >= 4 is 17.4 Å². The van der Waals surface area contributed by atoms with Gasteiger partial charge >= 0.3 is 5.69 Å². The number of halogens is 1. The van der Waals surface area contributed by atoms with Gasteiger partial charge in [-0.3, -0.25) is 18.7 Å². The number of ketones is 1. The number of benzene rings is 1. The van der Waals surface area contributed by atoms with E-state index in [1.54, 1.807) is 30.3 Å². The van der Waals surface area contributed by atoms with Crippen molar-refractivity contribution < 1.29 is 4.79 Å². The van der Waals surface area contributed by atoms with Gasteiger partial charge in [0.1, 0.15) is 10.7 Å². The van der Waals surface area contributed by atoms with Gasteiger partial charge in [-0.05, 0) is 0 Å². The molecule has 0 unspecified atom stereocenters. The quantitative estimate of drug-likeness (QED) is 0.607. The van der Waals surface area contributed by atoms with Gasteiger partial charge in [-0.2, -0.15) is 0 Å². The number of carbonyl (C=O) groups is 1. The second-order valence-corrected chi connectivity index (χ2v) is 4.42. The molecule has 19 heavy (non-hydrogen) atoms. The highest BCUT2D eigenvalue weighted by Crippen LogP contribution is 2.13. The molecule has 0 radical (unpaired) electrons. The van der Waals surface area contributed by atoms with Crippen molar-refractivity contribution in [3.63, 3.8) is 0 Å². The average molecular weight is 279 g/mol. The lowest BCUT2D eigenvalue weighted by atomic mass is 10.1. The van der Waals surface area contributed by atoms with Gasteiger partial charge in [-0.1, -0.05) is 41.9 Å². The second-order valence-electron chi connectivity index (χ2n) is 4.07. The molecule has 1 aromatic heterocycles. The highest BCUT2D eigenvalue weighted by Gasteiger charge is 2.21. The van der Waals surface area contributed by atoms with Crippen LogP contribution in [-0.4, -0.2) is 14.9 Å². The molecule has 2 aromatic rings.